The number of nitrogens with zero attached hydrogens (tertiary/aromatic N) is 1. The van der Waals surface area contributed by atoms with Crippen LogP contribution in [0.5, 0.6) is 5.75 Å². The Morgan fingerprint density at radius 2 is 2.05 bits per heavy atom. The van der Waals surface area contributed by atoms with E-state index in [1.807, 2.05) is 12.1 Å². The standard InChI is InChI=1S/C17H18N2OS/c21-17-13-6-1-3-7-14(13)18-16(19-17)12-9-10-20-15-8-4-2-5-11(12)15/h2,4-5,8,12H,1,3,6-7,9-10H2,(H,18,19,21). The van der Waals surface area contributed by atoms with Gasteiger partial charge in [0.1, 0.15) is 16.2 Å². The van der Waals surface area contributed by atoms with Crippen molar-refractivity contribution in [2.75, 3.05) is 6.61 Å². The predicted octanol–water partition coefficient (Wildman–Crippen LogP) is 3.93. The van der Waals surface area contributed by atoms with E-state index in [0.29, 0.717) is 0 Å². The second-order valence-corrected chi connectivity index (χ2v) is 6.21. The molecule has 0 spiro atoms. The van der Waals surface area contributed by atoms with Gasteiger partial charge in [0, 0.05) is 22.7 Å². The van der Waals surface area contributed by atoms with Crippen molar-refractivity contribution in [3.05, 3.63) is 51.6 Å². The Bertz CT molecular complexity index is 738. The molecular weight excluding hydrogens is 280 g/mol. The number of fused-ring (bicyclic) bond motifs is 2. The number of hydrogen-bond donors (Lipinski definition) is 1. The Hall–Kier alpha value is -1.68. The van der Waals surface area contributed by atoms with E-state index in [1.54, 1.807) is 0 Å². The average Bonchev–Trinajstić information content (AvgIpc) is 2.54. The minimum absolute atomic E-state index is 0.267. The van der Waals surface area contributed by atoms with Gasteiger partial charge in [-0.05, 0) is 38.2 Å². The van der Waals surface area contributed by atoms with Crippen LogP contribution in [-0.2, 0) is 12.8 Å². The van der Waals surface area contributed by atoms with Crippen LogP contribution < -0.4 is 4.74 Å². The Morgan fingerprint density at radius 1 is 1.19 bits per heavy atom. The lowest BCUT2D eigenvalue weighted by Gasteiger charge is -2.26. The molecule has 0 radical (unpaired) electrons. The summed E-state index contributed by atoms with van der Waals surface area (Å²) in [5.74, 6) is 2.26. The second-order valence-electron chi connectivity index (χ2n) is 5.82. The number of para-hydroxylation sites is 1. The number of aryl methyl sites for hydroxylation is 1. The molecule has 0 amide bonds. The second kappa shape index (κ2) is 5.26. The number of ether oxygens (including phenoxy) is 1. The molecular formula is C17H18N2OS. The molecule has 0 bridgehead atoms. The summed E-state index contributed by atoms with van der Waals surface area (Å²) < 4.78 is 6.54. The molecule has 1 aromatic carbocycles. The molecule has 1 aliphatic carbocycles. The van der Waals surface area contributed by atoms with Gasteiger partial charge in [-0.1, -0.05) is 30.4 Å². The molecule has 1 unspecified atom stereocenters. The zero-order valence-electron chi connectivity index (χ0n) is 11.9. The summed E-state index contributed by atoms with van der Waals surface area (Å²) in [4.78, 5) is 8.30. The number of aromatic amines is 1. The summed E-state index contributed by atoms with van der Waals surface area (Å²) in [6.45, 7) is 0.737. The van der Waals surface area contributed by atoms with Gasteiger partial charge in [-0.2, -0.15) is 0 Å². The third-order valence-electron chi connectivity index (χ3n) is 4.52. The highest BCUT2D eigenvalue weighted by Crippen LogP contribution is 2.37. The molecule has 2 heterocycles. The van der Waals surface area contributed by atoms with Gasteiger partial charge in [0.2, 0.25) is 0 Å². The maximum absolute atomic E-state index is 5.75. The van der Waals surface area contributed by atoms with Crippen molar-refractivity contribution in [2.24, 2.45) is 0 Å². The molecule has 21 heavy (non-hydrogen) atoms. The Balaban J connectivity index is 1.81. The first-order chi connectivity index (χ1) is 10.3. The molecule has 1 aliphatic heterocycles. The lowest BCUT2D eigenvalue weighted by molar-refractivity contribution is 0.274. The van der Waals surface area contributed by atoms with Gasteiger partial charge in [-0.3, -0.25) is 0 Å². The molecule has 0 saturated heterocycles. The molecule has 1 atom stereocenters. The van der Waals surface area contributed by atoms with Crippen LogP contribution in [0.2, 0.25) is 0 Å². The number of aromatic nitrogens is 2. The van der Waals surface area contributed by atoms with E-state index < -0.39 is 0 Å². The van der Waals surface area contributed by atoms with Crippen LogP contribution in [0.4, 0.5) is 0 Å². The molecule has 1 N–H and O–H groups in total. The lowest BCUT2D eigenvalue weighted by Crippen LogP contribution is -2.19. The summed E-state index contributed by atoms with van der Waals surface area (Å²) >= 11 is 5.53. The van der Waals surface area contributed by atoms with Crippen molar-refractivity contribution in [1.29, 1.82) is 0 Å². The maximum Gasteiger partial charge on any atom is 0.133 e. The topological polar surface area (TPSA) is 37.9 Å². The Labute approximate surface area is 129 Å². The monoisotopic (exact) mass is 298 g/mol. The van der Waals surface area contributed by atoms with Crippen LogP contribution in [0.3, 0.4) is 0 Å². The SMILES string of the molecule is S=c1nc(C2CCOc3ccccc32)[nH]c2c1CCCC2. The van der Waals surface area contributed by atoms with Crippen LogP contribution in [0.1, 0.15) is 47.8 Å². The van der Waals surface area contributed by atoms with E-state index in [1.165, 1.54) is 29.7 Å². The molecule has 4 heteroatoms. The summed E-state index contributed by atoms with van der Waals surface area (Å²) in [5, 5.41) is 0. The average molecular weight is 298 g/mol. The van der Waals surface area contributed by atoms with Gasteiger partial charge in [0.25, 0.3) is 0 Å². The third-order valence-corrected chi connectivity index (χ3v) is 4.85. The summed E-state index contributed by atoms with van der Waals surface area (Å²) in [7, 11) is 0. The molecule has 1 aromatic heterocycles. The van der Waals surface area contributed by atoms with E-state index in [2.05, 4.69) is 17.1 Å². The highest BCUT2D eigenvalue weighted by atomic mass is 32.1. The van der Waals surface area contributed by atoms with Gasteiger partial charge < -0.3 is 9.72 Å². The van der Waals surface area contributed by atoms with Crippen molar-refractivity contribution in [1.82, 2.24) is 9.97 Å². The van der Waals surface area contributed by atoms with Crippen molar-refractivity contribution >= 4 is 12.2 Å². The highest BCUT2D eigenvalue weighted by molar-refractivity contribution is 7.71. The van der Waals surface area contributed by atoms with Crippen molar-refractivity contribution in [3.8, 4) is 5.75 Å². The molecule has 0 fully saturated rings. The minimum atomic E-state index is 0.267. The van der Waals surface area contributed by atoms with E-state index in [-0.39, 0.29) is 5.92 Å². The van der Waals surface area contributed by atoms with E-state index in [0.717, 1.165) is 42.1 Å². The van der Waals surface area contributed by atoms with Crippen LogP contribution in [0, 0.1) is 4.64 Å². The molecule has 108 valence electrons. The van der Waals surface area contributed by atoms with Crippen LogP contribution in [0.15, 0.2) is 24.3 Å². The molecule has 2 aliphatic rings. The predicted molar refractivity (Wildman–Crippen MR) is 84.5 cm³/mol. The fourth-order valence-electron chi connectivity index (χ4n) is 3.43. The third kappa shape index (κ3) is 2.27. The molecule has 2 aromatic rings. The van der Waals surface area contributed by atoms with E-state index in [9.17, 15) is 0 Å². The van der Waals surface area contributed by atoms with Crippen LogP contribution in [-0.4, -0.2) is 16.6 Å². The molecule has 0 saturated carbocycles. The van der Waals surface area contributed by atoms with Crippen molar-refractivity contribution < 1.29 is 4.74 Å². The number of H-pyrrole nitrogens is 1. The van der Waals surface area contributed by atoms with Gasteiger partial charge >= 0.3 is 0 Å². The zero-order valence-corrected chi connectivity index (χ0v) is 12.7. The molecule has 3 nitrogen and oxygen atoms in total. The number of hydrogen-bond acceptors (Lipinski definition) is 3. The van der Waals surface area contributed by atoms with Gasteiger partial charge in [0.05, 0.1) is 6.61 Å². The van der Waals surface area contributed by atoms with Gasteiger partial charge in [0.15, 0.2) is 0 Å². The fraction of sp³-hybridized carbons (Fsp3) is 0.412. The van der Waals surface area contributed by atoms with Gasteiger partial charge in [-0.15, -0.1) is 0 Å². The fourth-order valence-corrected chi connectivity index (χ4v) is 3.75. The number of rotatable bonds is 1. The maximum atomic E-state index is 5.75. The smallest absolute Gasteiger partial charge is 0.133 e. The number of nitrogens with one attached hydrogen (secondary N) is 1. The Morgan fingerprint density at radius 3 is 3.00 bits per heavy atom. The first kappa shape index (κ1) is 13.0. The lowest BCUT2D eigenvalue weighted by atomic mass is 9.91. The summed E-state index contributed by atoms with van der Waals surface area (Å²) in [6.07, 6.45) is 5.59. The largest absolute Gasteiger partial charge is 0.493 e. The first-order valence-electron chi connectivity index (χ1n) is 7.66. The number of benzene rings is 1. The minimum Gasteiger partial charge on any atom is -0.493 e. The first-order valence-corrected chi connectivity index (χ1v) is 8.07. The van der Waals surface area contributed by atoms with Gasteiger partial charge in [-0.25, -0.2) is 4.98 Å². The van der Waals surface area contributed by atoms with Crippen LogP contribution in [0.25, 0.3) is 0 Å². The van der Waals surface area contributed by atoms with Crippen molar-refractivity contribution in [3.63, 3.8) is 0 Å². The van der Waals surface area contributed by atoms with Crippen molar-refractivity contribution in [2.45, 2.75) is 38.0 Å². The summed E-state index contributed by atoms with van der Waals surface area (Å²) in [6, 6.07) is 8.25. The van der Waals surface area contributed by atoms with E-state index >= 15 is 0 Å². The van der Waals surface area contributed by atoms with E-state index in [4.69, 9.17) is 21.9 Å². The normalized spacial score (nSPS) is 20.3. The summed E-state index contributed by atoms with van der Waals surface area (Å²) in [5.41, 5.74) is 3.79. The zero-order chi connectivity index (χ0) is 14.2. The highest BCUT2D eigenvalue weighted by Gasteiger charge is 2.25. The van der Waals surface area contributed by atoms with Crippen LogP contribution >= 0.6 is 12.2 Å². The quantitative estimate of drug-likeness (QED) is 0.811. The molecule has 4 rings (SSSR count). The Kier molecular flexibility index (Phi) is 3.26.